The van der Waals surface area contributed by atoms with Gasteiger partial charge in [-0.25, -0.2) is 4.39 Å². The van der Waals surface area contributed by atoms with Crippen LogP contribution in [0.1, 0.15) is 11.5 Å². The van der Waals surface area contributed by atoms with Gasteiger partial charge >= 0.3 is 0 Å². The van der Waals surface area contributed by atoms with Crippen molar-refractivity contribution in [2.24, 2.45) is 5.73 Å². The molecule has 1 aromatic carbocycles. The minimum absolute atomic E-state index is 0. The highest BCUT2D eigenvalue weighted by molar-refractivity contribution is 6.30. The van der Waals surface area contributed by atoms with Crippen LogP contribution in [-0.4, -0.2) is 44.3 Å². The molecular weight excluding hydrogens is 326 g/mol. The normalized spacial score (nSPS) is 22.2. The van der Waals surface area contributed by atoms with E-state index in [1.807, 2.05) is 6.07 Å². The molecule has 1 aliphatic heterocycles. The van der Waals surface area contributed by atoms with Gasteiger partial charge in [-0.1, -0.05) is 17.7 Å². The molecule has 1 saturated heterocycles. The second kappa shape index (κ2) is 9.03. The minimum Gasteiger partial charge on any atom is -0.383 e. The summed E-state index contributed by atoms with van der Waals surface area (Å²) in [6, 6.07) is 4.97. The molecule has 0 radical (unpaired) electrons. The smallest absolute Gasteiger partial charge is 0.142 e. The van der Waals surface area contributed by atoms with E-state index in [1.54, 1.807) is 13.2 Å². The molecule has 1 aromatic rings. The molecule has 20 heavy (non-hydrogen) atoms. The second-order valence-corrected chi connectivity index (χ2v) is 5.10. The zero-order chi connectivity index (χ0) is 13.1. The standard InChI is InChI=1S/C13H18ClFN2O.2ClH/c1-18-5-4-17-7-10(13(16)8-17)9-2-3-11(14)12(15)6-9;;/h2-3,6,10,13H,4-5,7-8,16H2,1H3;2*1H/t10-,13+;;/m0../s1. The molecule has 1 heterocycles. The fraction of sp³-hybridized carbons (Fsp3) is 0.538. The van der Waals surface area contributed by atoms with Gasteiger partial charge in [0.05, 0.1) is 11.6 Å². The lowest BCUT2D eigenvalue weighted by Gasteiger charge is -2.15. The van der Waals surface area contributed by atoms with Gasteiger partial charge in [-0.3, -0.25) is 4.90 Å². The van der Waals surface area contributed by atoms with Crippen LogP contribution in [0.3, 0.4) is 0 Å². The lowest BCUT2D eigenvalue weighted by Crippen LogP contribution is -2.30. The van der Waals surface area contributed by atoms with Crippen molar-refractivity contribution < 1.29 is 9.13 Å². The lowest BCUT2D eigenvalue weighted by molar-refractivity contribution is 0.160. The number of nitrogens with zero attached hydrogens (tertiary/aromatic N) is 1. The number of methoxy groups -OCH3 is 1. The summed E-state index contributed by atoms with van der Waals surface area (Å²) in [6.07, 6.45) is 0. The van der Waals surface area contributed by atoms with Gasteiger partial charge in [-0.2, -0.15) is 0 Å². The highest BCUT2D eigenvalue weighted by atomic mass is 35.5. The van der Waals surface area contributed by atoms with Crippen LogP contribution in [0.25, 0.3) is 0 Å². The number of ether oxygens (including phenoxy) is 1. The summed E-state index contributed by atoms with van der Waals surface area (Å²) in [7, 11) is 1.68. The van der Waals surface area contributed by atoms with Crippen molar-refractivity contribution in [1.82, 2.24) is 4.90 Å². The van der Waals surface area contributed by atoms with Crippen LogP contribution in [0.15, 0.2) is 18.2 Å². The van der Waals surface area contributed by atoms with Gasteiger partial charge in [-0.15, -0.1) is 24.8 Å². The summed E-state index contributed by atoms with van der Waals surface area (Å²) in [5.41, 5.74) is 7.04. The van der Waals surface area contributed by atoms with Gasteiger partial charge in [0.15, 0.2) is 0 Å². The monoisotopic (exact) mass is 344 g/mol. The molecule has 1 fully saturated rings. The van der Waals surface area contributed by atoms with Crippen LogP contribution in [-0.2, 0) is 4.74 Å². The van der Waals surface area contributed by atoms with Crippen molar-refractivity contribution in [3.8, 4) is 0 Å². The Kier molecular flexibility index (Phi) is 8.98. The molecule has 3 nitrogen and oxygen atoms in total. The molecule has 0 spiro atoms. The Morgan fingerprint density at radius 3 is 2.70 bits per heavy atom. The predicted molar refractivity (Wildman–Crippen MR) is 84.9 cm³/mol. The number of rotatable bonds is 4. The Balaban J connectivity index is 0.00000180. The van der Waals surface area contributed by atoms with Gasteiger partial charge in [-0.05, 0) is 17.7 Å². The molecule has 2 N–H and O–H groups in total. The topological polar surface area (TPSA) is 38.5 Å². The van der Waals surface area contributed by atoms with Crippen molar-refractivity contribution in [1.29, 1.82) is 0 Å². The van der Waals surface area contributed by atoms with E-state index in [-0.39, 0.29) is 47.6 Å². The van der Waals surface area contributed by atoms with Crippen LogP contribution in [0.2, 0.25) is 5.02 Å². The fourth-order valence-electron chi connectivity index (χ4n) is 2.41. The third-order valence-corrected chi connectivity index (χ3v) is 3.73. The summed E-state index contributed by atoms with van der Waals surface area (Å²) in [5, 5.41) is 0.154. The van der Waals surface area contributed by atoms with E-state index >= 15 is 0 Å². The van der Waals surface area contributed by atoms with Crippen LogP contribution in [0.4, 0.5) is 4.39 Å². The minimum atomic E-state index is -0.378. The summed E-state index contributed by atoms with van der Waals surface area (Å²) in [5.74, 6) is -0.217. The van der Waals surface area contributed by atoms with E-state index in [0.717, 1.165) is 25.2 Å². The van der Waals surface area contributed by atoms with E-state index in [2.05, 4.69) is 4.90 Å². The van der Waals surface area contributed by atoms with E-state index in [1.165, 1.54) is 6.07 Å². The highest BCUT2D eigenvalue weighted by Gasteiger charge is 2.31. The molecule has 116 valence electrons. The maximum Gasteiger partial charge on any atom is 0.142 e. The fourth-order valence-corrected chi connectivity index (χ4v) is 2.53. The van der Waals surface area contributed by atoms with Gasteiger partial charge in [0, 0.05) is 38.7 Å². The molecule has 0 unspecified atom stereocenters. The number of hydrogen-bond donors (Lipinski definition) is 1. The van der Waals surface area contributed by atoms with Crippen molar-refractivity contribution in [3.63, 3.8) is 0 Å². The zero-order valence-corrected chi connectivity index (χ0v) is 13.6. The summed E-state index contributed by atoms with van der Waals surface area (Å²) in [6.45, 7) is 3.20. The van der Waals surface area contributed by atoms with Crippen LogP contribution in [0.5, 0.6) is 0 Å². The highest BCUT2D eigenvalue weighted by Crippen LogP contribution is 2.28. The van der Waals surface area contributed by atoms with Crippen LogP contribution >= 0.6 is 36.4 Å². The number of hydrogen-bond acceptors (Lipinski definition) is 3. The van der Waals surface area contributed by atoms with Crippen molar-refractivity contribution in [2.45, 2.75) is 12.0 Å². The Morgan fingerprint density at radius 1 is 1.40 bits per heavy atom. The second-order valence-electron chi connectivity index (χ2n) is 4.70. The zero-order valence-electron chi connectivity index (χ0n) is 11.2. The SMILES string of the molecule is COCCN1C[C@@H](N)[C@H](c2ccc(Cl)c(F)c2)C1.Cl.Cl. The molecule has 0 aromatic heterocycles. The molecule has 0 bridgehead atoms. The molecular formula is C13H20Cl3FN2O. The molecule has 0 aliphatic carbocycles. The largest absolute Gasteiger partial charge is 0.383 e. The Labute approximate surface area is 136 Å². The maximum atomic E-state index is 13.5. The van der Waals surface area contributed by atoms with E-state index < -0.39 is 0 Å². The molecule has 1 aliphatic rings. The third-order valence-electron chi connectivity index (χ3n) is 3.42. The molecule has 0 saturated carbocycles. The maximum absolute atomic E-state index is 13.5. The number of halogens is 4. The molecule has 0 amide bonds. The first-order chi connectivity index (χ1) is 8.61. The Bertz CT molecular complexity index is 423. The Hall–Kier alpha value is -0.100. The first-order valence-corrected chi connectivity index (χ1v) is 6.41. The average Bonchev–Trinajstić information content (AvgIpc) is 2.71. The average molecular weight is 346 g/mol. The molecule has 7 heteroatoms. The number of likely N-dealkylation sites (tertiary alicyclic amines) is 1. The first-order valence-electron chi connectivity index (χ1n) is 6.03. The first kappa shape index (κ1) is 19.9. The Morgan fingerprint density at radius 2 is 2.10 bits per heavy atom. The molecule has 2 rings (SSSR count). The quantitative estimate of drug-likeness (QED) is 0.912. The van der Waals surface area contributed by atoms with Gasteiger partial charge in [0.1, 0.15) is 5.82 Å². The summed E-state index contributed by atoms with van der Waals surface area (Å²) >= 11 is 5.69. The van der Waals surface area contributed by atoms with Gasteiger partial charge in [0.2, 0.25) is 0 Å². The van der Waals surface area contributed by atoms with Crippen molar-refractivity contribution in [2.75, 3.05) is 33.4 Å². The van der Waals surface area contributed by atoms with Crippen LogP contribution < -0.4 is 5.73 Å². The number of nitrogens with two attached hydrogens (primary N) is 1. The lowest BCUT2D eigenvalue weighted by atomic mass is 9.95. The van der Waals surface area contributed by atoms with E-state index in [9.17, 15) is 4.39 Å². The van der Waals surface area contributed by atoms with E-state index in [4.69, 9.17) is 22.1 Å². The van der Waals surface area contributed by atoms with Crippen molar-refractivity contribution >= 4 is 36.4 Å². The summed E-state index contributed by atoms with van der Waals surface area (Å²) < 4.78 is 18.5. The van der Waals surface area contributed by atoms with Gasteiger partial charge < -0.3 is 10.5 Å². The number of benzene rings is 1. The van der Waals surface area contributed by atoms with Crippen molar-refractivity contribution in [3.05, 3.63) is 34.6 Å². The summed E-state index contributed by atoms with van der Waals surface area (Å²) in [4.78, 5) is 2.24. The van der Waals surface area contributed by atoms with E-state index in [0.29, 0.717) is 6.61 Å². The third kappa shape index (κ3) is 4.72. The van der Waals surface area contributed by atoms with Gasteiger partial charge in [0.25, 0.3) is 0 Å². The molecule has 2 atom stereocenters. The van der Waals surface area contributed by atoms with Crippen LogP contribution in [0, 0.1) is 5.82 Å². The predicted octanol–water partition coefficient (Wildman–Crippen LogP) is 2.70.